The van der Waals surface area contributed by atoms with Gasteiger partial charge >= 0.3 is 0 Å². The molecule has 0 radical (unpaired) electrons. The molecular weight excluding hydrogens is 366 g/mol. The maximum absolute atomic E-state index is 13.1. The first-order chi connectivity index (χ1) is 14.1. The fourth-order valence-electron chi connectivity index (χ4n) is 2.92. The fourth-order valence-corrected chi connectivity index (χ4v) is 2.92. The summed E-state index contributed by atoms with van der Waals surface area (Å²) >= 11 is 0. The number of benzene rings is 3. The summed E-state index contributed by atoms with van der Waals surface area (Å²) in [7, 11) is 3.16. The predicted molar refractivity (Wildman–Crippen MR) is 114 cm³/mol. The number of carbonyl (C=O) groups excluding carboxylic acids is 2. The van der Waals surface area contributed by atoms with E-state index in [0.717, 1.165) is 5.56 Å². The van der Waals surface area contributed by atoms with Gasteiger partial charge in [-0.15, -0.1) is 0 Å². The van der Waals surface area contributed by atoms with Crippen molar-refractivity contribution >= 4 is 23.2 Å². The lowest BCUT2D eigenvalue weighted by molar-refractivity contribution is -0.117. The van der Waals surface area contributed by atoms with Crippen molar-refractivity contribution in [1.82, 2.24) is 5.32 Å². The molecule has 2 amide bonds. The highest BCUT2D eigenvalue weighted by atomic mass is 16.5. The molecule has 0 fully saturated rings. The van der Waals surface area contributed by atoms with Gasteiger partial charge in [-0.1, -0.05) is 42.5 Å². The number of carbonyl (C=O) groups is 2. The Bertz CT molecular complexity index is 989. The summed E-state index contributed by atoms with van der Waals surface area (Å²) in [6, 6.07) is 23.0. The van der Waals surface area contributed by atoms with Crippen LogP contribution in [-0.4, -0.2) is 26.0 Å². The predicted octanol–water partition coefficient (Wildman–Crippen LogP) is 3.85. The summed E-state index contributed by atoms with van der Waals surface area (Å²) in [6.45, 7) is 0. The standard InChI is InChI=1S/C23H23N3O3/c1-24-22(27)17-10-6-11-18(14-17)25-21(16-8-4-3-5-9-16)23(28)26-19-12-7-13-20(15-19)29-2/h3-15,21,25H,1-2H3,(H,24,27)(H,26,28)/t21-/m1/s1. The molecule has 0 aliphatic heterocycles. The number of hydrogen-bond donors (Lipinski definition) is 3. The highest BCUT2D eigenvalue weighted by molar-refractivity contribution is 5.98. The van der Waals surface area contributed by atoms with Gasteiger partial charge in [0.25, 0.3) is 11.8 Å². The van der Waals surface area contributed by atoms with Crippen LogP contribution in [0.1, 0.15) is 22.0 Å². The van der Waals surface area contributed by atoms with Crippen molar-refractivity contribution in [3.63, 3.8) is 0 Å². The molecule has 0 aliphatic carbocycles. The molecule has 3 N–H and O–H groups in total. The number of hydrogen-bond acceptors (Lipinski definition) is 4. The van der Waals surface area contributed by atoms with E-state index in [9.17, 15) is 9.59 Å². The average Bonchev–Trinajstić information content (AvgIpc) is 2.77. The van der Waals surface area contributed by atoms with Crippen LogP contribution in [0.4, 0.5) is 11.4 Å². The van der Waals surface area contributed by atoms with Crippen molar-refractivity contribution in [3.05, 3.63) is 90.0 Å². The molecule has 3 aromatic rings. The summed E-state index contributed by atoms with van der Waals surface area (Å²) in [5.41, 5.74) is 2.62. The molecule has 148 valence electrons. The van der Waals surface area contributed by atoms with Crippen LogP contribution in [0.25, 0.3) is 0 Å². The minimum atomic E-state index is -0.651. The van der Waals surface area contributed by atoms with Gasteiger partial charge in [-0.3, -0.25) is 9.59 Å². The number of ether oxygens (including phenoxy) is 1. The van der Waals surface area contributed by atoms with Crippen LogP contribution in [0, 0.1) is 0 Å². The quantitative estimate of drug-likeness (QED) is 0.574. The zero-order valence-electron chi connectivity index (χ0n) is 16.3. The molecule has 0 saturated carbocycles. The van der Waals surface area contributed by atoms with E-state index in [0.29, 0.717) is 22.7 Å². The summed E-state index contributed by atoms with van der Waals surface area (Å²) < 4.78 is 5.22. The Kier molecular flexibility index (Phi) is 6.47. The SMILES string of the molecule is CNC(=O)c1cccc(N[C@@H](C(=O)Nc2cccc(OC)c2)c2ccccc2)c1. The fraction of sp³-hybridized carbons (Fsp3) is 0.130. The monoisotopic (exact) mass is 389 g/mol. The van der Waals surface area contributed by atoms with Gasteiger partial charge in [-0.25, -0.2) is 0 Å². The van der Waals surface area contributed by atoms with Crippen LogP contribution < -0.4 is 20.7 Å². The molecular formula is C23H23N3O3. The van der Waals surface area contributed by atoms with E-state index >= 15 is 0 Å². The molecule has 1 atom stereocenters. The lowest BCUT2D eigenvalue weighted by Gasteiger charge is -2.20. The first kappa shape index (κ1) is 19.9. The van der Waals surface area contributed by atoms with E-state index in [1.807, 2.05) is 48.5 Å². The van der Waals surface area contributed by atoms with E-state index in [1.54, 1.807) is 44.5 Å². The van der Waals surface area contributed by atoms with E-state index in [4.69, 9.17) is 4.74 Å². The highest BCUT2D eigenvalue weighted by Gasteiger charge is 2.21. The maximum Gasteiger partial charge on any atom is 0.251 e. The van der Waals surface area contributed by atoms with Gasteiger partial charge in [-0.05, 0) is 35.9 Å². The summed E-state index contributed by atoms with van der Waals surface area (Å²) in [6.07, 6.45) is 0. The molecule has 0 unspecified atom stereocenters. The van der Waals surface area contributed by atoms with Crippen molar-refractivity contribution in [2.45, 2.75) is 6.04 Å². The van der Waals surface area contributed by atoms with Crippen LogP contribution in [0.2, 0.25) is 0 Å². The molecule has 29 heavy (non-hydrogen) atoms. The zero-order chi connectivity index (χ0) is 20.6. The second-order valence-corrected chi connectivity index (χ2v) is 6.37. The van der Waals surface area contributed by atoms with Gasteiger partial charge in [-0.2, -0.15) is 0 Å². The van der Waals surface area contributed by atoms with Crippen LogP contribution in [0.5, 0.6) is 5.75 Å². The third-order valence-corrected chi connectivity index (χ3v) is 4.40. The highest BCUT2D eigenvalue weighted by Crippen LogP contribution is 2.24. The second kappa shape index (κ2) is 9.41. The maximum atomic E-state index is 13.1. The first-order valence-corrected chi connectivity index (χ1v) is 9.19. The van der Waals surface area contributed by atoms with Gasteiger partial charge in [0.15, 0.2) is 0 Å². The van der Waals surface area contributed by atoms with Crippen molar-refractivity contribution in [1.29, 1.82) is 0 Å². The lowest BCUT2D eigenvalue weighted by atomic mass is 10.0. The Morgan fingerprint density at radius 2 is 1.59 bits per heavy atom. The van der Waals surface area contributed by atoms with Crippen molar-refractivity contribution < 1.29 is 14.3 Å². The molecule has 6 heteroatoms. The minimum absolute atomic E-state index is 0.189. The Balaban J connectivity index is 1.87. The van der Waals surface area contributed by atoms with Crippen LogP contribution in [0.3, 0.4) is 0 Å². The van der Waals surface area contributed by atoms with Crippen molar-refractivity contribution in [3.8, 4) is 5.75 Å². The number of rotatable bonds is 7. The van der Waals surface area contributed by atoms with Gasteiger partial charge in [0.2, 0.25) is 0 Å². The molecule has 3 aromatic carbocycles. The van der Waals surface area contributed by atoms with Gasteiger partial charge in [0, 0.05) is 30.1 Å². The van der Waals surface area contributed by atoms with E-state index in [1.165, 1.54) is 0 Å². The number of methoxy groups -OCH3 is 1. The third-order valence-electron chi connectivity index (χ3n) is 4.40. The second-order valence-electron chi connectivity index (χ2n) is 6.37. The average molecular weight is 389 g/mol. The summed E-state index contributed by atoms with van der Waals surface area (Å²) in [5, 5.41) is 8.77. The van der Waals surface area contributed by atoms with Gasteiger partial charge < -0.3 is 20.7 Å². The number of amides is 2. The lowest BCUT2D eigenvalue weighted by Crippen LogP contribution is -2.27. The topological polar surface area (TPSA) is 79.5 Å². The normalized spacial score (nSPS) is 11.2. The molecule has 0 saturated heterocycles. The Morgan fingerprint density at radius 3 is 2.31 bits per heavy atom. The Morgan fingerprint density at radius 1 is 0.862 bits per heavy atom. The minimum Gasteiger partial charge on any atom is -0.497 e. The van der Waals surface area contributed by atoms with E-state index in [2.05, 4.69) is 16.0 Å². The van der Waals surface area contributed by atoms with Gasteiger partial charge in [0.05, 0.1) is 7.11 Å². The third kappa shape index (κ3) is 5.13. The van der Waals surface area contributed by atoms with Gasteiger partial charge in [0.1, 0.15) is 11.8 Å². The summed E-state index contributed by atoms with van der Waals surface area (Å²) in [4.78, 5) is 25.0. The van der Waals surface area contributed by atoms with E-state index < -0.39 is 6.04 Å². The molecule has 0 aromatic heterocycles. The van der Waals surface area contributed by atoms with Crippen LogP contribution in [-0.2, 0) is 4.79 Å². The zero-order valence-corrected chi connectivity index (χ0v) is 16.3. The molecule has 0 aliphatic rings. The number of anilines is 2. The smallest absolute Gasteiger partial charge is 0.251 e. The Hall–Kier alpha value is -3.80. The molecule has 6 nitrogen and oxygen atoms in total. The summed E-state index contributed by atoms with van der Waals surface area (Å²) in [5.74, 6) is 0.242. The van der Waals surface area contributed by atoms with Crippen molar-refractivity contribution in [2.24, 2.45) is 0 Å². The van der Waals surface area contributed by atoms with Crippen LogP contribution in [0.15, 0.2) is 78.9 Å². The molecule has 0 heterocycles. The largest absolute Gasteiger partial charge is 0.497 e. The Labute approximate surface area is 169 Å². The number of nitrogens with one attached hydrogen (secondary N) is 3. The molecule has 0 bridgehead atoms. The van der Waals surface area contributed by atoms with Crippen molar-refractivity contribution in [2.75, 3.05) is 24.8 Å². The molecule has 0 spiro atoms. The molecule has 3 rings (SSSR count). The first-order valence-electron chi connectivity index (χ1n) is 9.19. The van der Waals surface area contributed by atoms with E-state index in [-0.39, 0.29) is 11.8 Å². The van der Waals surface area contributed by atoms with Crippen LogP contribution >= 0.6 is 0 Å².